The van der Waals surface area contributed by atoms with Crippen molar-refractivity contribution in [3.8, 4) is 11.5 Å². The molecule has 1 aliphatic heterocycles. The Bertz CT molecular complexity index is 1070. The van der Waals surface area contributed by atoms with E-state index in [0.717, 1.165) is 34.1 Å². The van der Waals surface area contributed by atoms with Crippen LogP contribution in [0.5, 0.6) is 11.5 Å². The molecule has 11 heteroatoms. The van der Waals surface area contributed by atoms with Gasteiger partial charge in [0.15, 0.2) is 0 Å². The van der Waals surface area contributed by atoms with Crippen LogP contribution in [0.4, 0.5) is 13.2 Å². The summed E-state index contributed by atoms with van der Waals surface area (Å²) in [4.78, 5) is 14.2. The minimum atomic E-state index is -4.55. The highest BCUT2D eigenvalue weighted by Gasteiger charge is 2.33. The summed E-state index contributed by atoms with van der Waals surface area (Å²) in [6.07, 6.45) is -4.55. The fourth-order valence-electron chi connectivity index (χ4n) is 3.49. The second-order valence-corrected chi connectivity index (χ2v) is 9.16. The molecule has 1 saturated heterocycles. The van der Waals surface area contributed by atoms with Gasteiger partial charge in [-0.25, -0.2) is 8.42 Å². The molecule has 32 heavy (non-hydrogen) atoms. The Kier molecular flexibility index (Phi) is 6.70. The Morgan fingerprint density at radius 1 is 0.938 bits per heavy atom. The molecule has 0 aromatic heterocycles. The smallest absolute Gasteiger partial charge is 0.416 e. The molecule has 3 rings (SSSR count). The van der Waals surface area contributed by atoms with Gasteiger partial charge in [0, 0.05) is 37.3 Å². The van der Waals surface area contributed by atoms with Crippen LogP contribution in [0.1, 0.15) is 21.5 Å². The molecule has 0 radical (unpaired) electrons. The van der Waals surface area contributed by atoms with Gasteiger partial charge in [0.25, 0.3) is 5.91 Å². The summed E-state index contributed by atoms with van der Waals surface area (Å²) in [5, 5.41) is 0. The van der Waals surface area contributed by atoms with E-state index >= 15 is 0 Å². The second-order valence-electron chi connectivity index (χ2n) is 7.22. The summed E-state index contributed by atoms with van der Waals surface area (Å²) in [5.41, 5.74) is 0.179. The lowest BCUT2D eigenvalue weighted by molar-refractivity contribution is -0.137. The molecule has 1 heterocycles. The lowest BCUT2D eigenvalue weighted by Crippen LogP contribution is -2.50. The number of benzene rings is 2. The lowest BCUT2D eigenvalue weighted by Gasteiger charge is -2.34. The Hall–Kier alpha value is -2.79. The van der Waals surface area contributed by atoms with E-state index in [0.29, 0.717) is 17.1 Å². The van der Waals surface area contributed by atoms with E-state index in [-0.39, 0.29) is 37.0 Å². The number of hydrogen-bond acceptors (Lipinski definition) is 5. The molecule has 0 bridgehead atoms. The fourth-order valence-corrected chi connectivity index (χ4v) is 4.91. The first-order valence-electron chi connectivity index (χ1n) is 9.68. The summed E-state index contributed by atoms with van der Waals surface area (Å²) >= 11 is 0. The molecule has 1 aliphatic rings. The number of ether oxygens (including phenoxy) is 2. The third-order valence-corrected chi connectivity index (χ3v) is 7.26. The summed E-state index contributed by atoms with van der Waals surface area (Å²) in [6, 6.07) is 6.58. The highest BCUT2D eigenvalue weighted by Crippen LogP contribution is 2.31. The van der Waals surface area contributed by atoms with E-state index in [2.05, 4.69) is 0 Å². The molecule has 1 fully saturated rings. The van der Waals surface area contributed by atoms with Gasteiger partial charge in [-0.2, -0.15) is 17.5 Å². The van der Waals surface area contributed by atoms with Crippen LogP contribution in [-0.4, -0.2) is 63.9 Å². The number of halogens is 3. The first kappa shape index (κ1) is 23.9. The number of amides is 1. The highest BCUT2D eigenvalue weighted by molar-refractivity contribution is 7.89. The Labute approximate surface area is 184 Å². The normalized spacial score (nSPS) is 15.5. The number of methoxy groups -OCH3 is 2. The molecule has 7 nitrogen and oxygen atoms in total. The zero-order valence-electron chi connectivity index (χ0n) is 17.8. The van der Waals surface area contributed by atoms with Crippen molar-refractivity contribution in [2.75, 3.05) is 40.4 Å². The van der Waals surface area contributed by atoms with E-state index in [1.165, 1.54) is 19.1 Å². The molecule has 2 aromatic carbocycles. The van der Waals surface area contributed by atoms with Crippen molar-refractivity contribution in [3.63, 3.8) is 0 Å². The number of alkyl halides is 3. The van der Waals surface area contributed by atoms with Gasteiger partial charge >= 0.3 is 6.18 Å². The third-order valence-electron chi connectivity index (χ3n) is 5.34. The summed E-state index contributed by atoms with van der Waals surface area (Å²) < 4.78 is 75.6. The molecule has 0 spiro atoms. The van der Waals surface area contributed by atoms with E-state index in [1.807, 2.05) is 0 Å². The maximum Gasteiger partial charge on any atom is 0.416 e. The molecule has 0 aliphatic carbocycles. The van der Waals surface area contributed by atoms with Crippen LogP contribution in [0.3, 0.4) is 0 Å². The van der Waals surface area contributed by atoms with Gasteiger partial charge in [0.1, 0.15) is 11.5 Å². The van der Waals surface area contributed by atoms with Gasteiger partial charge in [0.05, 0.1) is 24.7 Å². The number of rotatable bonds is 5. The van der Waals surface area contributed by atoms with E-state index in [1.54, 1.807) is 19.1 Å². The minimum absolute atomic E-state index is 0.0230. The van der Waals surface area contributed by atoms with Crippen molar-refractivity contribution in [3.05, 3.63) is 53.1 Å². The Morgan fingerprint density at radius 3 is 1.88 bits per heavy atom. The third kappa shape index (κ3) is 4.68. The summed E-state index contributed by atoms with van der Waals surface area (Å²) in [7, 11) is -1.00. The number of piperazine rings is 1. The molecule has 0 unspecified atom stereocenters. The molecule has 1 amide bonds. The maximum atomic E-state index is 12.9. The Balaban J connectivity index is 1.72. The van der Waals surface area contributed by atoms with Gasteiger partial charge in [0.2, 0.25) is 10.0 Å². The Morgan fingerprint density at radius 2 is 1.44 bits per heavy atom. The van der Waals surface area contributed by atoms with Gasteiger partial charge in [-0.3, -0.25) is 4.79 Å². The SMILES string of the molecule is COc1cc(C(=O)N2CCN(S(=O)(=O)c3ccc(C(F)(F)F)cc3)CC2)cc(OC)c1C. The standard InChI is InChI=1S/C21H23F3N2O5S/c1-14-18(30-2)12-15(13-19(14)31-3)20(27)25-8-10-26(11-9-25)32(28,29)17-6-4-16(5-7-17)21(22,23)24/h4-7,12-13H,8-11H2,1-3H3. The van der Waals surface area contributed by atoms with Crippen LogP contribution in [0.2, 0.25) is 0 Å². The van der Waals surface area contributed by atoms with Gasteiger partial charge in [-0.05, 0) is 43.3 Å². The first-order chi connectivity index (χ1) is 15.0. The van der Waals surface area contributed by atoms with Crippen molar-refractivity contribution in [2.45, 2.75) is 18.0 Å². The maximum absolute atomic E-state index is 12.9. The molecule has 0 atom stereocenters. The first-order valence-corrected chi connectivity index (χ1v) is 11.1. The van der Waals surface area contributed by atoms with Crippen molar-refractivity contribution in [2.24, 2.45) is 0 Å². The number of carbonyl (C=O) groups is 1. The second kappa shape index (κ2) is 8.99. The zero-order valence-corrected chi connectivity index (χ0v) is 18.6. The quantitative estimate of drug-likeness (QED) is 0.668. The van der Waals surface area contributed by atoms with Gasteiger partial charge in [-0.15, -0.1) is 0 Å². The monoisotopic (exact) mass is 472 g/mol. The highest BCUT2D eigenvalue weighted by atomic mass is 32.2. The van der Waals surface area contributed by atoms with Crippen molar-refractivity contribution >= 4 is 15.9 Å². The van der Waals surface area contributed by atoms with Crippen LogP contribution in [-0.2, 0) is 16.2 Å². The van der Waals surface area contributed by atoms with Crippen LogP contribution in [0.25, 0.3) is 0 Å². The zero-order chi connectivity index (χ0) is 23.7. The van der Waals surface area contributed by atoms with Crippen molar-refractivity contribution in [1.29, 1.82) is 0 Å². The summed E-state index contributed by atoms with van der Waals surface area (Å²) in [6.45, 7) is 2.12. The average Bonchev–Trinajstić information content (AvgIpc) is 2.78. The molecule has 0 N–H and O–H groups in total. The number of sulfonamides is 1. The molecular formula is C21H23F3N2O5S. The van der Waals surface area contributed by atoms with Crippen LogP contribution < -0.4 is 9.47 Å². The van der Waals surface area contributed by atoms with E-state index < -0.39 is 21.8 Å². The fraction of sp³-hybridized carbons (Fsp3) is 0.381. The average molecular weight is 472 g/mol. The number of hydrogen-bond donors (Lipinski definition) is 0. The van der Waals surface area contributed by atoms with E-state index in [9.17, 15) is 26.4 Å². The van der Waals surface area contributed by atoms with Crippen molar-refractivity contribution in [1.82, 2.24) is 9.21 Å². The molecular weight excluding hydrogens is 449 g/mol. The molecule has 0 saturated carbocycles. The predicted octanol–water partition coefficient (Wildman–Crippen LogP) is 3.18. The van der Waals surface area contributed by atoms with Crippen LogP contribution >= 0.6 is 0 Å². The predicted molar refractivity (Wildman–Crippen MR) is 110 cm³/mol. The molecule has 2 aromatic rings. The molecule has 174 valence electrons. The number of nitrogens with zero attached hydrogens (tertiary/aromatic N) is 2. The van der Waals surface area contributed by atoms with Gasteiger partial charge < -0.3 is 14.4 Å². The van der Waals surface area contributed by atoms with Crippen LogP contribution in [0.15, 0.2) is 41.3 Å². The summed E-state index contributed by atoms with van der Waals surface area (Å²) in [5.74, 6) is 0.695. The van der Waals surface area contributed by atoms with Gasteiger partial charge in [-0.1, -0.05) is 0 Å². The minimum Gasteiger partial charge on any atom is -0.496 e. The van der Waals surface area contributed by atoms with Crippen molar-refractivity contribution < 1.29 is 35.9 Å². The largest absolute Gasteiger partial charge is 0.496 e. The topological polar surface area (TPSA) is 76.2 Å². The lowest BCUT2D eigenvalue weighted by atomic mass is 10.1. The van der Waals surface area contributed by atoms with E-state index in [4.69, 9.17) is 9.47 Å². The number of carbonyl (C=O) groups excluding carboxylic acids is 1. The van der Waals surface area contributed by atoms with Crippen LogP contribution in [0, 0.1) is 6.92 Å².